The summed E-state index contributed by atoms with van der Waals surface area (Å²) in [4.78, 5) is 4.33. The minimum atomic E-state index is -0.380. The number of amidine groups is 1. The van der Waals surface area contributed by atoms with E-state index >= 15 is 0 Å². The first-order valence-corrected chi connectivity index (χ1v) is 7.43. The summed E-state index contributed by atoms with van der Waals surface area (Å²) in [6, 6.07) is 4.43. The van der Waals surface area contributed by atoms with Crippen LogP contribution < -0.4 is 5.73 Å². The third-order valence-corrected chi connectivity index (χ3v) is 4.34. The highest BCUT2D eigenvalue weighted by molar-refractivity contribution is 8.00. The summed E-state index contributed by atoms with van der Waals surface area (Å²) < 4.78 is 18.4. The third kappa shape index (κ3) is 3.74. The van der Waals surface area contributed by atoms with E-state index < -0.39 is 0 Å². The van der Waals surface area contributed by atoms with E-state index in [1.165, 1.54) is 35.4 Å². The number of nitrogens with two attached hydrogens (primary N) is 1. The van der Waals surface area contributed by atoms with Crippen molar-refractivity contribution in [1.29, 1.82) is 5.41 Å². The maximum Gasteiger partial charge on any atom is 0.170 e. The van der Waals surface area contributed by atoms with Crippen LogP contribution in [0.2, 0.25) is 0 Å². The second-order valence-electron chi connectivity index (χ2n) is 3.88. The van der Waals surface area contributed by atoms with Gasteiger partial charge in [-0.15, -0.1) is 0 Å². The highest BCUT2D eigenvalue weighted by atomic mass is 32.2. The van der Waals surface area contributed by atoms with E-state index in [4.69, 9.17) is 11.1 Å². The van der Waals surface area contributed by atoms with Crippen LogP contribution in [0.25, 0.3) is 0 Å². The largest absolute Gasteiger partial charge is 0.384 e. The molecule has 0 fully saturated rings. The second kappa shape index (κ2) is 6.12. The fraction of sp³-hybridized carbons (Fsp3) is 0.250. The van der Waals surface area contributed by atoms with Crippen LogP contribution in [0.1, 0.15) is 23.9 Å². The van der Waals surface area contributed by atoms with Gasteiger partial charge in [0.15, 0.2) is 4.34 Å². The van der Waals surface area contributed by atoms with Gasteiger partial charge < -0.3 is 5.73 Å². The van der Waals surface area contributed by atoms with Gasteiger partial charge in [-0.2, -0.15) is 4.37 Å². The first kappa shape index (κ1) is 14.0. The van der Waals surface area contributed by atoms with E-state index in [0.29, 0.717) is 11.3 Å². The number of hydrogen-bond acceptors (Lipinski definition) is 5. The summed E-state index contributed by atoms with van der Waals surface area (Å²) >= 11 is 2.86. The van der Waals surface area contributed by atoms with Gasteiger partial charge >= 0.3 is 0 Å². The summed E-state index contributed by atoms with van der Waals surface area (Å²) in [6.45, 7) is 2.00. The molecule has 4 nitrogen and oxygen atoms in total. The quantitative estimate of drug-likeness (QED) is 0.505. The summed E-state index contributed by atoms with van der Waals surface area (Å²) in [5.74, 6) is 0.900. The molecule has 2 aromatic rings. The van der Waals surface area contributed by atoms with Gasteiger partial charge in [-0.3, -0.25) is 5.41 Å². The van der Waals surface area contributed by atoms with Gasteiger partial charge in [0.25, 0.3) is 0 Å². The van der Waals surface area contributed by atoms with Crippen molar-refractivity contribution in [2.75, 3.05) is 0 Å². The van der Waals surface area contributed by atoms with Gasteiger partial charge in [-0.05, 0) is 35.3 Å². The molecule has 0 aliphatic carbocycles. The number of aromatic nitrogens is 2. The first-order valence-electron chi connectivity index (χ1n) is 5.67. The van der Waals surface area contributed by atoms with Crippen molar-refractivity contribution in [3.05, 3.63) is 41.0 Å². The summed E-state index contributed by atoms with van der Waals surface area (Å²) in [6.07, 6.45) is 0.811. The van der Waals surface area contributed by atoms with Gasteiger partial charge in [0, 0.05) is 17.7 Å². The van der Waals surface area contributed by atoms with Gasteiger partial charge in [0.05, 0.1) is 0 Å². The molecule has 0 radical (unpaired) electrons. The number of nitrogens with zero attached hydrogens (tertiary/aromatic N) is 2. The molecule has 0 bridgehead atoms. The Balaban J connectivity index is 2.08. The van der Waals surface area contributed by atoms with Crippen molar-refractivity contribution in [2.45, 2.75) is 23.4 Å². The lowest BCUT2D eigenvalue weighted by Gasteiger charge is -2.03. The SMILES string of the molecule is CCc1nsc(SCc2cc(F)cc(C(=N)N)c2)n1. The Kier molecular flexibility index (Phi) is 4.49. The highest BCUT2D eigenvalue weighted by Gasteiger charge is 2.07. The van der Waals surface area contributed by atoms with Crippen molar-refractivity contribution in [1.82, 2.24) is 9.36 Å². The van der Waals surface area contributed by atoms with E-state index in [-0.39, 0.29) is 11.7 Å². The topological polar surface area (TPSA) is 75.7 Å². The molecule has 3 N–H and O–H groups in total. The summed E-state index contributed by atoms with van der Waals surface area (Å²) in [5.41, 5.74) is 6.56. The van der Waals surface area contributed by atoms with Crippen LogP contribution in [0.4, 0.5) is 4.39 Å². The lowest BCUT2D eigenvalue weighted by Crippen LogP contribution is -2.11. The van der Waals surface area contributed by atoms with Crippen LogP contribution in [0.5, 0.6) is 0 Å². The van der Waals surface area contributed by atoms with Crippen LogP contribution in [-0.4, -0.2) is 15.2 Å². The van der Waals surface area contributed by atoms with Crippen molar-refractivity contribution in [3.8, 4) is 0 Å². The summed E-state index contributed by atoms with van der Waals surface area (Å²) in [7, 11) is 0. The molecule has 1 aromatic heterocycles. The van der Waals surface area contributed by atoms with Gasteiger partial charge in [0.1, 0.15) is 17.5 Å². The van der Waals surface area contributed by atoms with Crippen molar-refractivity contribution >= 4 is 29.1 Å². The Bertz CT molecular complexity index is 597. The molecule has 2 rings (SSSR count). The number of hydrogen-bond donors (Lipinski definition) is 2. The average Bonchev–Trinajstić information content (AvgIpc) is 2.83. The van der Waals surface area contributed by atoms with E-state index in [2.05, 4.69) is 9.36 Å². The Morgan fingerprint density at radius 3 is 2.89 bits per heavy atom. The Morgan fingerprint density at radius 2 is 2.26 bits per heavy atom. The highest BCUT2D eigenvalue weighted by Crippen LogP contribution is 2.25. The van der Waals surface area contributed by atoms with Gasteiger partial charge in [-0.25, -0.2) is 9.37 Å². The van der Waals surface area contributed by atoms with E-state index in [1.807, 2.05) is 6.92 Å². The maximum atomic E-state index is 13.4. The number of halogens is 1. The molecule has 19 heavy (non-hydrogen) atoms. The zero-order chi connectivity index (χ0) is 13.8. The molecule has 0 saturated heterocycles. The minimum absolute atomic E-state index is 0.130. The average molecular weight is 296 g/mol. The Labute approximate surface area is 118 Å². The second-order valence-corrected chi connectivity index (χ2v) is 5.85. The molecule has 7 heteroatoms. The summed E-state index contributed by atoms with van der Waals surface area (Å²) in [5, 5.41) is 7.34. The number of rotatable bonds is 5. The minimum Gasteiger partial charge on any atom is -0.384 e. The van der Waals surface area contributed by atoms with Crippen molar-refractivity contribution < 1.29 is 4.39 Å². The smallest absolute Gasteiger partial charge is 0.170 e. The molecule has 0 spiro atoms. The molecule has 0 aliphatic rings. The van der Waals surface area contributed by atoms with E-state index in [1.54, 1.807) is 6.07 Å². The Morgan fingerprint density at radius 1 is 1.47 bits per heavy atom. The monoisotopic (exact) mass is 296 g/mol. The van der Waals surface area contributed by atoms with Crippen LogP contribution >= 0.6 is 23.3 Å². The Hall–Kier alpha value is -1.47. The molecule has 0 atom stereocenters. The lowest BCUT2D eigenvalue weighted by molar-refractivity contribution is 0.626. The number of nitrogens with one attached hydrogen (secondary N) is 1. The van der Waals surface area contributed by atoms with Gasteiger partial charge in [0.2, 0.25) is 0 Å². The number of aryl methyl sites for hydroxylation is 1. The molecule has 0 amide bonds. The predicted molar refractivity (Wildman–Crippen MR) is 76.3 cm³/mol. The molecular weight excluding hydrogens is 283 g/mol. The molecule has 0 aliphatic heterocycles. The van der Waals surface area contributed by atoms with Crippen LogP contribution in [0.15, 0.2) is 22.5 Å². The van der Waals surface area contributed by atoms with Crippen LogP contribution in [0, 0.1) is 11.2 Å². The zero-order valence-electron chi connectivity index (χ0n) is 10.3. The molecule has 1 heterocycles. The van der Waals surface area contributed by atoms with E-state index in [0.717, 1.165) is 22.1 Å². The first-order chi connectivity index (χ1) is 9.08. The van der Waals surface area contributed by atoms with Crippen molar-refractivity contribution in [2.24, 2.45) is 5.73 Å². The van der Waals surface area contributed by atoms with E-state index in [9.17, 15) is 4.39 Å². The van der Waals surface area contributed by atoms with Crippen LogP contribution in [-0.2, 0) is 12.2 Å². The fourth-order valence-corrected chi connectivity index (χ4v) is 3.10. The number of nitrogen functional groups attached to an aromatic ring is 1. The van der Waals surface area contributed by atoms with Crippen molar-refractivity contribution in [3.63, 3.8) is 0 Å². The lowest BCUT2D eigenvalue weighted by atomic mass is 10.1. The number of thioether (sulfide) groups is 1. The molecule has 100 valence electrons. The predicted octanol–water partition coefficient (Wildman–Crippen LogP) is 2.82. The molecule has 0 saturated carbocycles. The van der Waals surface area contributed by atoms with Crippen LogP contribution in [0.3, 0.4) is 0 Å². The molecule has 0 unspecified atom stereocenters. The standard InChI is InChI=1S/C12H13FN4S2/c1-2-10-16-12(19-17-10)18-6-7-3-8(11(14)15)5-9(13)4-7/h3-5H,2,6H2,1H3,(H3,14,15). The molecular formula is C12H13FN4S2. The zero-order valence-corrected chi connectivity index (χ0v) is 11.9. The fourth-order valence-electron chi connectivity index (χ4n) is 1.47. The maximum absolute atomic E-state index is 13.4. The third-order valence-electron chi connectivity index (χ3n) is 2.40. The number of benzene rings is 1. The normalized spacial score (nSPS) is 10.6. The molecule has 1 aromatic carbocycles. The van der Waals surface area contributed by atoms with Gasteiger partial charge in [-0.1, -0.05) is 18.7 Å².